The Morgan fingerprint density at radius 1 is 1.10 bits per heavy atom. The minimum atomic E-state index is -3.38. The lowest BCUT2D eigenvalue weighted by atomic mass is 10.2. The van der Waals surface area contributed by atoms with Crippen molar-refractivity contribution in [3.05, 3.63) is 71.8 Å². The number of aromatic nitrogens is 3. The van der Waals surface area contributed by atoms with Gasteiger partial charge in [0.25, 0.3) is 0 Å². The zero-order valence-corrected chi connectivity index (χ0v) is 17.7. The third-order valence-electron chi connectivity index (χ3n) is 4.64. The Balaban J connectivity index is 1.54. The molecule has 0 spiro atoms. The molecule has 0 amide bonds. The first-order valence-electron chi connectivity index (χ1n) is 9.48. The normalized spacial score (nSPS) is 11.6. The molecule has 0 radical (unpaired) electrons. The molecular formula is C21H21FN6O2S. The number of hydrogen-bond acceptors (Lipinski definition) is 6. The molecule has 4 aromatic rings. The number of hydrogen-bond donors (Lipinski definition) is 4. The van der Waals surface area contributed by atoms with Crippen LogP contribution in [-0.2, 0) is 15.8 Å². The third-order valence-corrected chi connectivity index (χ3v) is 5.98. The lowest BCUT2D eigenvalue weighted by Crippen LogP contribution is -2.20. The quantitative estimate of drug-likeness (QED) is 0.346. The molecule has 2 aromatic carbocycles. The number of sulfonamides is 1. The van der Waals surface area contributed by atoms with E-state index in [9.17, 15) is 12.8 Å². The second-order valence-electron chi connectivity index (χ2n) is 7.02. The third kappa shape index (κ3) is 4.81. The summed E-state index contributed by atoms with van der Waals surface area (Å²) in [7, 11) is -2.00. The van der Waals surface area contributed by atoms with Crippen LogP contribution in [0.2, 0.25) is 0 Å². The van der Waals surface area contributed by atoms with Crippen molar-refractivity contribution in [1.29, 1.82) is 0 Å². The van der Waals surface area contributed by atoms with Gasteiger partial charge in [-0.2, -0.15) is 4.98 Å². The minimum Gasteiger partial charge on any atom is -0.359 e. The SMILES string of the molecule is CNS(=O)(=O)Cc1cccc(Nc2nccc(Nc3ccc4[nH]c(C)cc4c3F)n2)c1. The molecule has 0 aliphatic rings. The zero-order chi connectivity index (χ0) is 22.0. The summed E-state index contributed by atoms with van der Waals surface area (Å²) in [6, 6.07) is 13.8. The van der Waals surface area contributed by atoms with Crippen molar-refractivity contribution in [2.45, 2.75) is 12.7 Å². The first-order chi connectivity index (χ1) is 14.8. The number of benzene rings is 2. The van der Waals surface area contributed by atoms with Crippen molar-refractivity contribution < 1.29 is 12.8 Å². The van der Waals surface area contributed by atoms with Gasteiger partial charge in [-0.25, -0.2) is 22.5 Å². The molecule has 10 heteroatoms. The van der Waals surface area contributed by atoms with Gasteiger partial charge < -0.3 is 15.6 Å². The van der Waals surface area contributed by atoms with E-state index in [0.717, 1.165) is 11.2 Å². The summed E-state index contributed by atoms with van der Waals surface area (Å²) in [6.45, 7) is 1.87. The largest absolute Gasteiger partial charge is 0.359 e. The molecule has 0 saturated heterocycles. The molecule has 0 fully saturated rings. The highest BCUT2D eigenvalue weighted by molar-refractivity contribution is 7.88. The van der Waals surface area contributed by atoms with Crippen LogP contribution >= 0.6 is 0 Å². The van der Waals surface area contributed by atoms with E-state index in [2.05, 4.69) is 30.3 Å². The van der Waals surface area contributed by atoms with Crippen molar-refractivity contribution in [2.24, 2.45) is 0 Å². The van der Waals surface area contributed by atoms with Crippen molar-refractivity contribution >= 4 is 44.1 Å². The molecule has 0 atom stereocenters. The number of fused-ring (bicyclic) bond motifs is 1. The van der Waals surface area contributed by atoms with Crippen LogP contribution in [0.3, 0.4) is 0 Å². The highest BCUT2D eigenvalue weighted by Crippen LogP contribution is 2.27. The zero-order valence-electron chi connectivity index (χ0n) is 16.9. The molecule has 0 bridgehead atoms. The molecule has 2 heterocycles. The molecule has 0 aliphatic heterocycles. The maximum atomic E-state index is 14.8. The van der Waals surface area contributed by atoms with Crippen LogP contribution in [0.4, 0.5) is 27.5 Å². The summed E-state index contributed by atoms with van der Waals surface area (Å²) < 4.78 is 40.7. The molecular weight excluding hydrogens is 419 g/mol. The first-order valence-corrected chi connectivity index (χ1v) is 11.1. The Kier molecular flexibility index (Phi) is 5.57. The van der Waals surface area contributed by atoms with Crippen LogP contribution in [0, 0.1) is 12.7 Å². The van der Waals surface area contributed by atoms with Crippen LogP contribution < -0.4 is 15.4 Å². The van der Waals surface area contributed by atoms with E-state index >= 15 is 0 Å². The van der Waals surface area contributed by atoms with Crippen LogP contribution in [0.15, 0.2) is 54.7 Å². The summed E-state index contributed by atoms with van der Waals surface area (Å²) in [5.74, 6) is 0.199. The standard InChI is InChI=1S/C21H21FN6O2S/c1-13-10-16-17(25-13)6-7-18(20(16)22)27-19-8-9-24-21(28-19)26-15-5-3-4-14(11-15)12-31(29,30)23-2/h3-11,23,25H,12H2,1-2H3,(H2,24,26,27,28). The number of aromatic amines is 1. The van der Waals surface area contributed by atoms with E-state index in [0.29, 0.717) is 28.1 Å². The van der Waals surface area contributed by atoms with E-state index in [1.54, 1.807) is 54.7 Å². The number of anilines is 4. The van der Waals surface area contributed by atoms with Gasteiger partial charge in [0.2, 0.25) is 16.0 Å². The summed E-state index contributed by atoms with van der Waals surface area (Å²) in [4.78, 5) is 11.7. The monoisotopic (exact) mass is 440 g/mol. The Morgan fingerprint density at radius 2 is 1.94 bits per heavy atom. The topological polar surface area (TPSA) is 112 Å². The predicted molar refractivity (Wildman–Crippen MR) is 120 cm³/mol. The summed E-state index contributed by atoms with van der Waals surface area (Å²) in [5.41, 5.74) is 3.16. The molecule has 4 N–H and O–H groups in total. The smallest absolute Gasteiger partial charge is 0.229 e. The highest BCUT2D eigenvalue weighted by atomic mass is 32.2. The van der Waals surface area contributed by atoms with Gasteiger partial charge in [-0.3, -0.25) is 0 Å². The lowest BCUT2D eigenvalue weighted by Gasteiger charge is -2.10. The summed E-state index contributed by atoms with van der Waals surface area (Å²) >= 11 is 0. The van der Waals surface area contributed by atoms with Crippen molar-refractivity contribution in [1.82, 2.24) is 19.7 Å². The number of rotatable bonds is 7. The average molecular weight is 441 g/mol. The van der Waals surface area contributed by atoms with Gasteiger partial charge in [-0.05, 0) is 55.9 Å². The summed E-state index contributed by atoms with van der Waals surface area (Å²) in [5, 5.41) is 6.53. The van der Waals surface area contributed by atoms with Gasteiger partial charge in [0, 0.05) is 28.5 Å². The van der Waals surface area contributed by atoms with Crippen LogP contribution in [-0.4, -0.2) is 30.4 Å². The van der Waals surface area contributed by atoms with Crippen molar-refractivity contribution in [3.63, 3.8) is 0 Å². The lowest BCUT2D eigenvalue weighted by molar-refractivity contribution is 0.587. The van der Waals surface area contributed by atoms with E-state index < -0.39 is 10.0 Å². The van der Waals surface area contributed by atoms with Gasteiger partial charge in [0.05, 0.1) is 11.4 Å². The summed E-state index contributed by atoms with van der Waals surface area (Å²) in [6.07, 6.45) is 1.55. The highest BCUT2D eigenvalue weighted by Gasteiger charge is 2.11. The van der Waals surface area contributed by atoms with Gasteiger partial charge in [0.1, 0.15) is 5.82 Å². The molecule has 0 saturated carbocycles. The van der Waals surface area contributed by atoms with E-state index in [4.69, 9.17) is 0 Å². The number of halogens is 1. The van der Waals surface area contributed by atoms with E-state index in [1.165, 1.54) is 7.05 Å². The number of aryl methyl sites for hydroxylation is 1. The first kappa shape index (κ1) is 20.8. The minimum absolute atomic E-state index is 0.137. The molecule has 4 rings (SSSR count). The fourth-order valence-corrected chi connectivity index (χ4v) is 3.95. The molecule has 0 aliphatic carbocycles. The fraction of sp³-hybridized carbons (Fsp3) is 0.143. The van der Waals surface area contributed by atoms with Gasteiger partial charge in [0.15, 0.2) is 5.82 Å². The molecule has 31 heavy (non-hydrogen) atoms. The second-order valence-corrected chi connectivity index (χ2v) is 8.95. The van der Waals surface area contributed by atoms with Crippen molar-refractivity contribution in [3.8, 4) is 0 Å². The van der Waals surface area contributed by atoms with Gasteiger partial charge >= 0.3 is 0 Å². The predicted octanol–water partition coefficient (Wildman–Crippen LogP) is 3.94. The number of H-pyrrole nitrogens is 1. The molecule has 8 nitrogen and oxygen atoms in total. The molecule has 0 unspecified atom stereocenters. The maximum absolute atomic E-state index is 14.8. The van der Waals surface area contributed by atoms with E-state index in [1.807, 2.05) is 6.92 Å². The Morgan fingerprint density at radius 3 is 2.74 bits per heavy atom. The number of nitrogens with one attached hydrogen (secondary N) is 4. The number of nitrogens with zero attached hydrogens (tertiary/aromatic N) is 2. The van der Waals surface area contributed by atoms with E-state index in [-0.39, 0.29) is 17.5 Å². The Bertz CT molecular complexity index is 1350. The molecule has 2 aromatic heterocycles. The Labute approximate surface area is 179 Å². The van der Waals surface area contributed by atoms with Crippen LogP contribution in [0.25, 0.3) is 10.9 Å². The Hall–Kier alpha value is -3.50. The maximum Gasteiger partial charge on any atom is 0.229 e. The van der Waals surface area contributed by atoms with Crippen molar-refractivity contribution in [2.75, 3.05) is 17.7 Å². The van der Waals surface area contributed by atoms with Crippen LogP contribution in [0.5, 0.6) is 0 Å². The second kappa shape index (κ2) is 8.32. The van der Waals surface area contributed by atoms with Gasteiger partial charge in [-0.1, -0.05) is 12.1 Å². The van der Waals surface area contributed by atoms with Gasteiger partial charge in [-0.15, -0.1) is 0 Å². The fourth-order valence-electron chi connectivity index (χ4n) is 3.19. The van der Waals surface area contributed by atoms with Crippen LogP contribution in [0.1, 0.15) is 11.3 Å². The molecule has 160 valence electrons. The average Bonchev–Trinajstić information content (AvgIpc) is 3.12.